The number of hydrogen-bond donors (Lipinski definition) is 1. The molecule has 1 aliphatic rings. The maximum Gasteiger partial charge on any atom is 0.326 e. The number of ether oxygens (including phenoxy) is 2. The molecule has 1 saturated heterocycles. The molecule has 1 aromatic heterocycles. The van der Waals surface area contributed by atoms with Crippen LogP contribution in [0.1, 0.15) is 5.56 Å². The monoisotopic (exact) mass is 374 g/mol. The summed E-state index contributed by atoms with van der Waals surface area (Å²) >= 11 is 0. The predicted octanol–water partition coefficient (Wildman–Crippen LogP) is 1.64. The molecule has 0 atom stereocenters. The molecule has 3 rings (SSSR count). The first-order valence-corrected chi connectivity index (χ1v) is 9.49. The highest BCUT2D eigenvalue weighted by atomic mass is 16.5. The summed E-state index contributed by atoms with van der Waals surface area (Å²) < 4.78 is 12.4. The summed E-state index contributed by atoms with van der Waals surface area (Å²) in [5, 5.41) is 4.11. The van der Waals surface area contributed by atoms with Crippen LogP contribution in [0.5, 0.6) is 5.75 Å². The summed E-state index contributed by atoms with van der Waals surface area (Å²) in [5.74, 6) is 0.805. The zero-order valence-corrected chi connectivity index (χ0v) is 16.5. The summed E-state index contributed by atoms with van der Waals surface area (Å²) in [6, 6.07) is 5.77. The van der Waals surface area contributed by atoms with E-state index >= 15 is 0 Å². The predicted molar refractivity (Wildman–Crippen MR) is 107 cm³/mol. The Balaban J connectivity index is 1.72. The van der Waals surface area contributed by atoms with E-state index in [1.807, 2.05) is 24.4 Å². The van der Waals surface area contributed by atoms with Gasteiger partial charge in [0.25, 0.3) is 0 Å². The van der Waals surface area contributed by atoms with Crippen LogP contribution >= 0.6 is 0 Å². The summed E-state index contributed by atoms with van der Waals surface area (Å²) in [6.07, 6.45) is 2.84. The minimum absolute atomic E-state index is 0.0884. The molecule has 2 heterocycles. The molecule has 1 aliphatic heterocycles. The van der Waals surface area contributed by atoms with Crippen LogP contribution in [0.15, 0.2) is 24.4 Å². The van der Waals surface area contributed by atoms with E-state index in [-0.39, 0.29) is 6.03 Å². The average Bonchev–Trinajstić information content (AvgIpc) is 3.05. The molecular formula is C20H30N4O3. The number of benzene rings is 1. The fourth-order valence-corrected chi connectivity index (χ4v) is 3.35. The third-order valence-electron chi connectivity index (χ3n) is 4.95. The SMILES string of the molecule is COc1ccc2c(c1)c(CCN(C)C)cn2C(=O)NCCN1CCOCC1. The zero-order chi connectivity index (χ0) is 19.2. The number of aromatic nitrogens is 1. The molecule has 7 heteroatoms. The van der Waals surface area contributed by atoms with E-state index in [0.29, 0.717) is 6.54 Å². The van der Waals surface area contributed by atoms with Gasteiger partial charge in [-0.2, -0.15) is 0 Å². The van der Waals surface area contributed by atoms with Gasteiger partial charge in [-0.1, -0.05) is 0 Å². The van der Waals surface area contributed by atoms with Crippen molar-refractivity contribution in [3.63, 3.8) is 0 Å². The highest BCUT2D eigenvalue weighted by Crippen LogP contribution is 2.26. The molecule has 148 valence electrons. The van der Waals surface area contributed by atoms with Crippen LogP contribution in [-0.4, -0.2) is 87.5 Å². The Labute approximate surface area is 160 Å². The van der Waals surface area contributed by atoms with Crippen molar-refractivity contribution in [1.82, 2.24) is 19.7 Å². The second-order valence-electron chi connectivity index (χ2n) is 7.15. The van der Waals surface area contributed by atoms with Crippen LogP contribution in [-0.2, 0) is 11.2 Å². The lowest BCUT2D eigenvalue weighted by atomic mass is 10.1. The maximum atomic E-state index is 12.8. The number of amides is 1. The van der Waals surface area contributed by atoms with Gasteiger partial charge >= 0.3 is 6.03 Å². The molecule has 1 N–H and O–H groups in total. The Hall–Kier alpha value is -2.09. The second kappa shape index (κ2) is 9.21. The van der Waals surface area contributed by atoms with Crippen molar-refractivity contribution in [3.8, 4) is 5.75 Å². The van der Waals surface area contributed by atoms with E-state index in [4.69, 9.17) is 9.47 Å². The van der Waals surface area contributed by atoms with Gasteiger partial charge in [0, 0.05) is 44.3 Å². The molecule has 1 amide bonds. The number of likely N-dealkylation sites (N-methyl/N-ethyl adjacent to an activating group) is 1. The number of hydrogen-bond acceptors (Lipinski definition) is 5. The average molecular weight is 374 g/mol. The normalized spacial score (nSPS) is 15.4. The fourth-order valence-electron chi connectivity index (χ4n) is 3.35. The maximum absolute atomic E-state index is 12.8. The quantitative estimate of drug-likeness (QED) is 0.799. The third kappa shape index (κ3) is 5.00. The van der Waals surface area contributed by atoms with Gasteiger partial charge in [-0.05, 0) is 44.3 Å². The van der Waals surface area contributed by atoms with E-state index in [2.05, 4.69) is 29.2 Å². The van der Waals surface area contributed by atoms with Crippen molar-refractivity contribution >= 4 is 16.9 Å². The van der Waals surface area contributed by atoms with E-state index in [0.717, 1.165) is 68.0 Å². The Morgan fingerprint density at radius 2 is 2.07 bits per heavy atom. The van der Waals surface area contributed by atoms with Crippen molar-refractivity contribution < 1.29 is 14.3 Å². The van der Waals surface area contributed by atoms with Crippen LogP contribution in [0.2, 0.25) is 0 Å². The smallest absolute Gasteiger partial charge is 0.326 e. The summed E-state index contributed by atoms with van der Waals surface area (Å²) in [7, 11) is 5.77. The standard InChI is InChI=1S/C20H30N4O3/c1-22(2)8-6-16-15-24(19-5-4-17(26-3)14-18(16)19)20(25)21-7-9-23-10-12-27-13-11-23/h4-5,14-15H,6-13H2,1-3H3,(H,21,25). The molecule has 0 spiro atoms. The van der Waals surface area contributed by atoms with Gasteiger partial charge in [0.05, 0.1) is 25.8 Å². The van der Waals surface area contributed by atoms with Crippen LogP contribution in [0, 0.1) is 0 Å². The Morgan fingerprint density at radius 3 is 2.78 bits per heavy atom. The number of nitrogens with zero attached hydrogens (tertiary/aromatic N) is 3. The first-order chi connectivity index (χ1) is 13.1. The van der Waals surface area contributed by atoms with E-state index in [1.165, 1.54) is 0 Å². The number of carbonyl (C=O) groups is 1. The summed E-state index contributed by atoms with van der Waals surface area (Å²) in [5.41, 5.74) is 2.06. The lowest BCUT2D eigenvalue weighted by Gasteiger charge is -2.26. The number of rotatable bonds is 7. The van der Waals surface area contributed by atoms with Gasteiger partial charge in [-0.25, -0.2) is 4.79 Å². The molecule has 1 fully saturated rings. The Morgan fingerprint density at radius 1 is 1.30 bits per heavy atom. The minimum atomic E-state index is -0.0884. The van der Waals surface area contributed by atoms with Gasteiger partial charge < -0.3 is 19.7 Å². The molecular weight excluding hydrogens is 344 g/mol. The molecule has 0 bridgehead atoms. The fraction of sp³-hybridized carbons (Fsp3) is 0.550. The second-order valence-corrected chi connectivity index (χ2v) is 7.15. The van der Waals surface area contributed by atoms with Gasteiger partial charge in [-0.3, -0.25) is 9.47 Å². The Kier molecular flexibility index (Phi) is 6.71. The van der Waals surface area contributed by atoms with Gasteiger partial charge in [0.15, 0.2) is 0 Å². The van der Waals surface area contributed by atoms with Crippen molar-refractivity contribution in [2.45, 2.75) is 6.42 Å². The number of fused-ring (bicyclic) bond motifs is 1. The van der Waals surface area contributed by atoms with E-state index in [1.54, 1.807) is 11.7 Å². The van der Waals surface area contributed by atoms with Crippen molar-refractivity contribution in [3.05, 3.63) is 30.0 Å². The molecule has 2 aromatic rings. The first-order valence-electron chi connectivity index (χ1n) is 9.49. The zero-order valence-electron chi connectivity index (χ0n) is 16.5. The topological polar surface area (TPSA) is 59.0 Å². The minimum Gasteiger partial charge on any atom is -0.497 e. The highest BCUT2D eigenvalue weighted by Gasteiger charge is 2.15. The lowest BCUT2D eigenvalue weighted by Crippen LogP contribution is -2.42. The Bertz CT molecular complexity index is 766. The molecule has 27 heavy (non-hydrogen) atoms. The molecule has 0 radical (unpaired) electrons. The van der Waals surface area contributed by atoms with E-state index < -0.39 is 0 Å². The lowest BCUT2D eigenvalue weighted by molar-refractivity contribution is 0.0387. The van der Waals surface area contributed by atoms with Gasteiger partial charge in [0.2, 0.25) is 0 Å². The number of carbonyl (C=O) groups excluding carboxylic acids is 1. The molecule has 0 unspecified atom stereocenters. The summed E-state index contributed by atoms with van der Waals surface area (Å²) in [4.78, 5) is 17.2. The number of nitrogens with one attached hydrogen (secondary N) is 1. The summed E-state index contributed by atoms with van der Waals surface area (Å²) in [6.45, 7) is 5.79. The van der Waals surface area contributed by atoms with E-state index in [9.17, 15) is 4.79 Å². The number of methoxy groups -OCH3 is 1. The van der Waals surface area contributed by atoms with Gasteiger partial charge in [-0.15, -0.1) is 0 Å². The third-order valence-corrected chi connectivity index (χ3v) is 4.95. The molecule has 0 aliphatic carbocycles. The first kappa shape index (κ1) is 19.7. The van der Waals surface area contributed by atoms with Crippen molar-refractivity contribution in [2.75, 3.05) is 67.1 Å². The van der Waals surface area contributed by atoms with Crippen molar-refractivity contribution in [1.29, 1.82) is 0 Å². The molecule has 1 aromatic carbocycles. The van der Waals surface area contributed by atoms with Crippen molar-refractivity contribution in [2.24, 2.45) is 0 Å². The van der Waals surface area contributed by atoms with Gasteiger partial charge in [0.1, 0.15) is 5.75 Å². The van der Waals surface area contributed by atoms with Crippen LogP contribution in [0.3, 0.4) is 0 Å². The number of morpholine rings is 1. The van der Waals surface area contributed by atoms with Crippen LogP contribution in [0.4, 0.5) is 4.79 Å². The largest absolute Gasteiger partial charge is 0.497 e. The molecule has 0 saturated carbocycles. The van der Waals surface area contributed by atoms with Crippen LogP contribution < -0.4 is 10.1 Å². The highest BCUT2D eigenvalue weighted by molar-refractivity contribution is 5.94. The van der Waals surface area contributed by atoms with Crippen LogP contribution in [0.25, 0.3) is 10.9 Å². The molecule has 7 nitrogen and oxygen atoms in total.